The van der Waals surface area contributed by atoms with Crippen LogP contribution < -0.4 is 4.74 Å². The summed E-state index contributed by atoms with van der Waals surface area (Å²) in [5, 5.41) is 0. The largest absolute Gasteiger partial charge is 0.474 e. The zero-order chi connectivity index (χ0) is 25.8. The minimum absolute atomic E-state index is 0.205. The molecule has 2 aromatic rings. The highest BCUT2D eigenvalue weighted by Gasteiger charge is 2.47. The molecule has 8 nitrogen and oxygen atoms in total. The first-order valence-electron chi connectivity index (χ1n) is 10.4. The van der Waals surface area contributed by atoms with Gasteiger partial charge in [-0.3, -0.25) is 19.4 Å². The van der Waals surface area contributed by atoms with Crippen LogP contribution >= 0.6 is 11.8 Å². The summed E-state index contributed by atoms with van der Waals surface area (Å²) in [5.41, 5.74) is -0.685. The monoisotopic (exact) mass is 513 g/mol. The summed E-state index contributed by atoms with van der Waals surface area (Å²) in [5.74, 6) is -1.41. The third-order valence-corrected chi connectivity index (χ3v) is 6.02. The summed E-state index contributed by atoms with van der Waals surface area (Å²) >= 11 is 1.19. The van der Waals surface area contributed by atoms with Crippen molar-refractivity contribution < 1.29 is 46.5 Å². The molecular formula is C23H22F3NO7S. The number of esters is 3. The summed E-state index contributed by atoms with van der Waals surface area (Å²) in [6.45, 7) is 3.57. The van der Waals surface area contributed by atoms with Gasteiger partial charge in [-0.2, -0.15) is 13.2 Å². The maximum absolute atomic E-state index is 12.8. The number of aromatic nitrogens is 1. The summed E-state index contributed by atoms with van der Waals surface area (Å²) in [6.07, 6.45) is -6.10. The molecule has 188 valence electrons. The summed E-state index contributed by atoms with van der Waals surface area (Å²) in [4.78, 5) is 39.1. The highest BCUT2D eigenvalue weighted by Crippen LogP contribution is 2.35. The highest BCUT2D eigenvalue weighted by molar-refractivity contribution is 7.99. The lowest BCUT2D eigenvalue weighted by molar-refractivity contribution is -0.186. The Morgan fingerprint density at radius 3 is 2.00 bits per heavy atom. The number of alkyl halides is 3. The number of thioether (sulfide) groups is 1. The van der Waals surface area contributed by atoms with Gasteiger partial charge in [0.2, 0.25) is 0 Å². The van der Waals surface area contributed by atoms with Crippen molar-refractivity contribution in [2.45, 2.75) is 50.7 Å². The van der Waals surface area contributed by atoms with Crippen LogP contribution in [-0.2, 0) is 34.8 Å². The van der Waals surface area contributed by atoms with Crippen molar-refractivity contribution in [2.24, 2.45) is 0 Å². The molecule has 0 aliphatic carbocycles. The maximum Gasteiger partial charge on any atom is 0.416 e. The molecule has 0 radical (unpaired) electrons. The molecule has 2 heterocycles. The molecule has 0 N–H and O–H groups in total. The first kappa shape index (κ1) is 26.3. The lowest BCUT2D eigenvalue weighted by atomic mass is 10.1. The number of rotatable bonds is 6. The number of hydrogen-bond acceptors (Lipinski definition) is 9. The standard InChI is InChI=1S/C23H22F3NO7S/c1-12(28)31-19-11-35-22(21(33-14(3)30)20(19)32-13(2)29)34-17-8-9-18(27-10-17)15-4-6-16(7-5-15)23(24,25)26/h4-10,19-22H,11H2,1-3H3/t19-,20+,21-,22+/m1/s1. The predicted octanol–water partition coefficient (Wildman–Crippen LogP) is 4.01. The van der Waals surface area contributed by atoms with Gasteiger partial charge in [0.1, 0.15) is 5.75 Å². The Bertz CT molecular complexity index is 1060. The fourth-order valence-corrected chi connectivity index (χ4v) is 4.61. The van der Waals surface area contributed by atoms with E-state index in [9.17, 15) is 27.6 Å². The number of pyridine rings is 1. The van der Waals surface area contributed by atoms with Crippen molar-refractivity contribution in [3.05, 3.63) is 48.2 Å². The lowest BCUT2D eigenvalue weighted by Gasteiger charge is -2.39. The van der Waals surface area contributed by atoms with Gasteiger partial charge in [-0.05, 0) is 24.3 Å². The average Bonchev–Trinajstić information content (AvgIpc) is 2.77. The van der Waals surface area contributed by atoms with E-state index in [0.717, 1.165) is 12.1 Å². The average molecular weight is 513 g/mol. The van der Waals surface area contributed by atoms with E-state index in [1.54, 1.807) is 12.1 Å². The van der Waals surface area contributed by atoms with E-state index >= 15 is 0 Å². The van der Waals surface area contributed by atoms with Gasteiger partial charge >= 0.3 is 24.1 Å². The maximum atomic E-state index is 12.8. The van der Waals surface area contributed by atoms with Gasteiger partial charge in [0.15, 0.2) is 23.7 Å². The molecule has 3 rings (SSSR count). The van der Waals surface area contributed by atoms with Crippen LogP contribution in [0.2, 0.25) is 0 Å². The quantitative estimate of drug-likeness (QED) is 0.419. The van der Waals surface area contributed by atoms with E-state index in [1.807, 2.05) is 0 Å². The van der Waals surface area contributed by atoms with Crippen molar-refractivity contribution in [2.75, 3.05) is 5.75 Å². The van der Waals surface area contributed by atoms with Gasteiger partial charge in [0.25, 0.3) is 0 Å². The van der Waals surface area contributed by atoms with Crippen molar-refractivity contribution in [1.29, 1.82) is 0 Å². The van der Waals surface area contributed by atoms with Crippen molar-refractivity contribution in [1.82, 2.24) is 4.98 Å². The van der Waals surface area contributed by atoms with Gasteiger partial charge in [0, 0.05) is 32.1 Å². The van der Waals surface area contributed by atoms with E-state index in [0.29, 0.717) is 11.3 Å². The van der Waals surface area contributed by atoms with Gasteiger partial charge in [-0.25, -0.2) is 0 Å². The molecule has 0 amide bonds. The molecule has 1 aliphatic heterocycles. The minimum atomic E-state index is -4.43. The molecule has 0 unspecified atom stereocenters. The van der Waals surface area contributed by atoms with Crippen LogP contribution in [0.4, 0.5) is 13.2 Å². The zero-order valence-corrected chi connectivity index (χ0v) is 19.7. The molecule has 0 spiro atoms. The van der Waals surface area contributed by atoms with Crippen LogP contribution in [0, 0.1) is 0 Å². The topological polar surface area (TPSA) is 101 Å². The van der Waals surface area contributed by atoms with Crippen molar-refractivity contribution in [3.8, 4) is 17.0 Å². The molecule has 35 heavy (non-hydrogen) atoms. The number of carbonyl (C=O) groups excluding carboxylic acids is 3. The third kappa shape index (κ3) is 7.10. The SMILES string of the molecule is CC(=O)O[C@@H]1[C@@H](OC(C)=O)[C@@H](Oc2ccc(-c3ccc(C(F)(F)F)cc3)nc2)SC[C@H]1OC(C)=O. The lowest BCUT2D eigenvalue weighted by Crippen LogP contribution is -2.55. The van der Waals surface area contributed by atoms with Crippen LogP contribution in [0.1, 0.15) is 26.3 Å². The van der Waals surface area contributed by atoms with Crippen molar-refractivity contribution >= 4 is 29.7 Å². The van der Waals surface area contributed by atoms with E-state index < -0.39 is 53.4 Å². The molecule has 1 aromatic carbocycles. The molecule has 12 heteroatoms. The molecule has 0 bridgehead atoms. The first-order chi connectivity index (χ1) is 16.4. The fraction of sp³-hybridized carbons (Fsp3) is 0.391. The molecule has 1 saturated heterocycles. The van der Waals surface area contributed by atoms with E-state index in [2.05, 4.69) is 4.98 Å². The Balaban J connectivity index is 1.78. The molecule has 4 atom stereocenters. The Morgan fingerprint density at radius 2 is 1.49 bits per heavy atom. The van der Waals surface area contributed by atoms with Crippen molar-refractivity contribution in [3.63, 3.8) is 0 Å². The Kier molecular flexibility index (Phi) is 8.26. The Labute approximate surface area is 203 Å². The second-order valence-electron chi connectivity index (χ2n) is 7.57. The molecule has 1 aromatic heterocycles. The molecule has 1 fully saturated rings. The fourth-order valence-electron chi connectivity index (χ4n) is 3.39. The normalized spacial score (nSPS) is 22.1. The smallest absolute Gasteiger partial charge is 0.416 e. The minimum Gasteiger partial charge on any atom is -0.474 e. The van der Waals surface area contributed by atoms with E-state index in [-0.39, 0.29) is 11.5 Å². The molecule has 0 saturated carbocycles. The number of halogens is 3. The van der Waals surface area contributed by atoms with Gasteiger partial charge in [0.05, 0.1) is 17.5 Å². The number of ether oxygens (including phenoxy) is 4. The van der Waals surface area contributed by atoms with Gasteiger partial charge in [-0.1, -0.05) is 12.1 Å². The second kappa shape index (κ2) is 11.0. The summed E-state index contributed by atoms with van der Waals surface area (Å²) in [6, 6.07) is 7.70. The number of benzene rings is 1. The van der Waals surface area contributed by atoms with Crippen LogP contribution in [0.3, 0.4) is 0 Å². The van der Waals surface area contributed by atoms with E-state index in [1.165, 1.54) is 50.9 Å². The van der Waals surface area contributed by atoms with Crippen LogP contribution in [0.15, 0.2) is 42.6 Å². The van der Waals surface area contributed by atoms with Crippen LogP contribution in [-0.4, -0.2) is 52.4 Å². The van der Waals surface area contributed by atoms with Gasteiger partial charge < -0.3 is 18.9 Å². The molecule has 1 aliphatic rings. The van der Waals surface area contributed by atoms with Crippen LogP contribution in [0.25, 0.3) is 11.3 Å². The van der Waals surface area contributed by atoms with Gasteiger partial charge in [-0.15, -0.1) is 11.8 Å². The number of nitrogens with zero attached hydrogens (tertiary/aromatic N) is 1. The predicted molar refractivity (Wildman–Crippen MR) is 118 cm³/mol. The number of hydrogen-bond donors (Lipinski definition) is 0. The second-order valence-corrected chi connectivity index (χ2v) is 8.70. The third-order valence-electron chi connectivity index (χ3n) is 4.80. The number of carbonyl (C=O) groups is 3. The van der Waals surface area contributed by atoms with E-state index in [4.69, 9.17) is 18.9 Å². The molecular weight excluding hydrogens is 491 g/mol. The Hall–Kier alpha value is -3.28. The highest BCUT2D eigenvalue weighted by atomic mass is 32.2. The summed E-state index contributed by atoms with van der Waals surface area (Å²) < 4.78 is 60.2. The zero-order valence-electron chi connectivity index (χ0n) is 18.9. The van der Waals surface area contributed by atoms with Crippen LogP contribution in [0.5, 0.6) is 5.75 Å². The first-order valence-corrected chi connectivity index (χ1v) is 11.4. The Morgan fingerprint density at radius 1 is 0.886 bits per heavy atom. The summed E-state index contributed by atoms with van der Waals surface area (Å²) in [7, 11) is 0.